The van der Waals surface area contributed by atoms with Crippen molar-refractivity contribution in [1.29, 1.82) is 0 Å². The third-order valence-electron chi connectivity index (χ3n) is 2.74. The number of rotatable bonds is 2. The summed E-state index contributed by atoms with van der Waals surface area (Å²) in [6.45, 7) is 0. The Morgan fingerprint density at radius 3 is 2.18 bits per heavy atom. The second kappa shape index (κ2) is 5.08. The Morgan fingerprint density at radius 1 is 1.12 bits per heavy atom. The van der Waals surface area contributed by atoms with Crippen LogP contribution in [0.3, 0.4) is 0 Å². The minimum Gasteiger partial charge on any atom is -0.377 e. The Bertz CT molecular complexity index is 419. The summed E-state index contributed by atoms with van der Waals surface area (Å²) in [7, 11) is -0.821. The van der Waals surface area contributed by atoms with E-state index in [-0.39, 0.29) is 11.7 Å². The van der Waals surface area contributed by atoms with Crippen LogP contribution in [0.15, 0.2) is 12.1 Å². The van der Waals surface area contributed by atoms with Gasteiger partial charge in [0.2, 0.25) is 0 Å². The SMILES string of the molecule is O=S1CCC(Nc2c(F)cc(F)cc2F)CC1. The predicted molar refractivity (Wildman–Crippen MR) is 60.8 cm³/mol. The smallest absolute Gasteiger partial charge is 0.152 e. The molecule has 2 rings (SSSR count). The first-order valence-electron chi connectivity index (χ1n) is 5.32. The van der Waals surface area contributed by atoms with Crippen molar-refractivity contribution in [2.75, 3.05) is 16.8 Å². The largest absolute Gasteiger partial charge is 0.377 e. The normalized spacial score (nSPS) is 24.6. The molecule has 0 atom stereocenters. The highest BCUT2D eigenvalue weighted by Gasteiger charge is 2.20. The van der Waals surface area contributed by atoms with Crippen LogP contribution in [0.5, 0.6) is 0 Å². The first kappa shape index (κ1) is 12.4. The van der Waals surface area contributed by atoms with E-state index < -0.39 is 28.3 Å². The van der Waals surface area contributed by atoms with E-state index in [0.717, 1.165) is 0 Å². The van der Waals surface area contributed by atoms with E-state index >= 15 is 0 Å². The van der Waals surface area contributed by atoms with Crippen LogP contribution >= 0.6 is 0 Å². The van der Waals surface area contributed by atoms with Gasteiger partial charge in [-0.05, 0) is 12.8 Å². The minimum atomic E-state index is -0.936. The van der Waals surface area contributed by atoms with Crippen LogP contribution < -0.4 is 5.32 Å². The summed E-state index contributed by atoms with van der Waals surface area (Å²) in [6, 6.07) is 1.18. The Labute approximate surface area is 99.7 Å². The van der Waals surface area contributed by atoms with E-state index in [1.54, 1.807) is 0 Å². The topological polar surface area (TPSA) is 29.1 Å². The molecular weight excluding hydrogens is 251 g/mol. The molecule has 1 heterocycles. The summed E-state index contributed by atoms with van der Waals surface area (Å²) in [5, 5.41) is 2.71. The molecule has 1 aliphatic heterocycles. The zero-order valence-electron chi connectivity index (χ0n) is 9.01. The molecule has 1 aromatic rings. The molecule has 0 bridgehead atoms. The molecule has 1 N–H and O–H groups in total. The van der Waals surface area contributed by atoms with Gasteiger partial charge < -0.3 is 5.32 Å². The molecule has 17 heavy (non-hydrogen) atoms. The van der Waals surface area contributed by atoms with E-state index in [4.69, 9.17) is 0 Å². The number of benzene rings is 1. The lowest BCUT2D eigenvalue weighted by Crippen LogP contribution is -2.30. The van der Waals surface area contributed by atoms with Crippen LogP contribution in [-0.2, 0) is 10.8 Å². The summed E-state index contributed by atoms with van der Waals surface area (Å²) in [4.78, 5) is 0. The molecule has 0 aromatic heterocycles. The number of hydrogen-bond acceptors (Lipinski definition) is 2. The molecule has 6 heteroatoms. The maximum atomic E-state index is 13.3. The Balaban J connectivity index is 2.11. The van der Waals surface area contributed by atoms with Crippen molar-refractivity contribution >= 4 is 16.5 Å². The number of halogens is 3. The van der Waals surface area contributed by atoms with Crippen LogP contribution in [0.2, 0.25) is 0 Å². The fourth-order valence-corrected chi connectivity index (χ4v) is 3.12. The molecule has 0 radical (unpaired) electrons. The van der Waals surface area contributed by atoms with Crippen LogP contribution in [0.25, 0.3) is 0 Å². The van der Waals surface area contributed by atoms with Gasteiger partial charge in [-0.1, -0.05) is 0 Å². The van der Waals surface area contributed by atoms with Crippen LogP contribution in [0.1, 0.15) is 12.8 Å². The molecule has 1 aromatic carbocycles. The van der Waals surface area contributed by atoms with Gasteiger partial charge in [-0.25, -0.2) is 13.2 Å². The van der Waals surface area contributed by atoms with Gasteiger partial charge in [-0.3, -0.25) is 4.21 Å². The fourth-order valence-electron chi connectivity index (χ4n) is 1.82. The van der Waals surface area contributed by atoms with Gasteiger partial charge in [0.05, 0.1) is 0 Å². The first-order valence-corrected chi connectivity index (χ1v) is 6.81. The van der Waals surface area contributed by atoms with E-state index in [1.807, 2.05) is 0 Å². The molecule has 0 amide bonds. The van der Waals surface area contributed by atoms with Crippen molar-refractivity contribution in [2.24, 2.45) is 0 Å². The quantitative estimate of drug-likeness (QED) is 0.888. The average Bonchev–Trinajstić information content (AvgIpc) is 2.26. The molecular formula is C11H12F3NOS. The van der Waals surface area contributed by atoms with E-state index in [2.05, 4.69) is 5.32 Å². The zero-order chi connectivity index (χ0) is 12.4. The highest BCUT2D eigenvalue weighted by atomic mass is 32.2. The molecule has 1 fully saturated rings. The Kier molecular flexibility index (Phi) is 3.71. The van der Waals surface area contributed by atoms with Gasteiger partial charge in [0.25, 0.3) is 0 Å². The average molecular weight is 263 g/mol. The van der Waals surface area contributed by atoms with Crippen molar-refractivity contribution in [2.45, 2.75) is 18.9 Å². The maximum Gasteiger partial charge on any atom is 0.152 e. The van der Waals surface area contributed by atoms with Crippen molar-refractivity contribution in [1.82, 2.24) is 0 Å². The Hall–Kier alpha value is -1.04. The van der Waals surface area contributed by atoms with Crippen LogP contribution in [0.4, 0.5) is 18.9 Å². The van der Waals surface area contributed by atoms with E-state index in [0.29, 0.717) is 36.5 Å². The zero-order valence-corrected chi connectivity index (χ0v) is 9.83. The molecule has 2 nitrogen and oxygen atoms in total. The highest BCUT2D eigenvalue weighted by molar-refractivity contribution is 7.85. The lowest BCUT2D eigenvalue weighted by atomic mass is 10.1. The lowest BCUT2D eigenvalue weighted by molar-refractivity contribution is 0.539. The minimum absolute atomic E-state index is 0.109. The second-order valence-electron chi connectivity index (χ2n) is 4.01. The predicted octanol–water partition coefficient (Wildman–Crippen LogP) is 2.43. The van der Waals surface area contributed by atoms with Crippen LogP contribution in [0, 0.1) is 17.5 Å². The summed E-state index contributed by atoms with van der Waals surface area (Å²) >= 11 is 0. The van der Waals surface area contributed by atoms with E-state index in [1.165, 1.54) is 0 Å². The van der Waals surface area contributed by atoms with Gasteiger partial charge in [-0.15, -0.1) is 0 Å². The molecule has 0 aliphatic carbocycles. The number of anilines is 1. The van der Waals surface area contributed by atoms with Gasteiger partial charge in [-0.2, -0.15) is 0 Å². The van der Waals surface area contributed by atoms with Crippen molar-refractivity contribution in [3.05, 3.63) is 29.6 Å². The van der Waals surface area contributed by atoms with Gasteiger partial charge >= 0.3 is 0 Å². The first-order chi connectivity index (χ1) is 8.06. The fraction of sp³-hybridized carbons (Fsp3) is 0.455. The number of hydrogen-bond donors (Lipinski definition) is 1. The summed E-state index contributed by atoms with van der Waals surface area (Å²) in [6.07, 6.45) is 1.20. The number of nitrogens with one attached hydrogen (secondary N) is 1. The summed E-state index contributed by atoms with van der Waals surface area (Å²) in [5.41, 5.74) is -0.302. The highest BCUT2D eigenvalue weighted by Crippen LogP contribution is 2.23. The molecule has 1 aliphatic rings. The van der Waals surface area contributed by atoms with Crippen molar-refractivity contribution in [3.63, 3.8) is 0 Å². The molecule has 0 spiro atoms. The van der Waals surface area contributed by atoms with Crippen molar-refractivity contribution < 1.29 is 17.4 Å². The molecule has 94 valence electrons. The molecule has 1 saturated heterocycles. The maximum absolute atomic E-state index is 13.3. The second-order valence-corrected chi connectivity index (χ2v) is 5.71. The third kappa shape index (κ3) is 3.00. The molecule has 0 saturated carbocycles. The van der Waals surface area contributed by atoms with Gasteiger partial charge in [0.1, 0.15) is 11.5 Å². The van der Waals surface area contributed by atoms with E-state index in [9.17, 15) is 17.4 Å². The summed E-state index contributed by atoms with van der Waals surface area (Å²) < 4.78 is 50.5. The Morgan fingerprint density at radius 2 is 1.65 bits per heavy atom. The standard InChI is InChI=1S/C11H12F3NOS/c12-7-5-9(13)11(10(14)6-7)15-8-1-3-17(16)4-2-8/h5-6,8,15H,1-4H2. The van der Waals surface area contributed by atoms with Gasteiger partial charge in [0.15, 0.2) is 11.6 Å². The van der Waals surface area contributed by atoms with Crippen molar-refractivity contribution in [3.8, 4) is 0 Å². The molecule has 0 unspecified atom stereocenters. The third-order valence-corrected chi connectivity index (χ3v) is 4.13. The van der Waals surface area contributed by atoms with Gasteiger partial charge in [0, 0.05) is 40.5 Å². The summed E-state index contributed by atoms with van der Waals surface area (Å²) in [5.74, 6) is -1.75. The lowest BCUT2D eigenvalue weighted by Gasteiger charge is -2.24. The monoisotopic (exact) mass is 263 g/mol. The van der Waals surface area contributed by atoms with Crippen LogP contribution in [-0.4, -0.2) is 21.8 Å².